The zero-order valence-electron chi connectivity index (χ0n) is 8.88. The molecular weight excluding hydrogens is 275 g/mol. The molecule has 3 heteroatoms. The molecule has 0 heterocycles. The molecule has 0 fully saturated rings. The molecule has 0 aliphatic heterocycles. The van der Waals surface area contributed by atoms with Crippen molar-refractivity contribution in [2.45, 2.75) is 19.3 Å². The second-order valence-corrected chi connectivity index (χ2v) is 4.41. The van der Waals surface area contributed by atoms with Crippen LogP contribution in [0.1, 0.15) is 24.8 Å². The molecule has 0 aromatic heterocycles. The summed E-state index contributed by atoms with van der Waals surface area (Å²) in [6.45, 7) is 3.58. The second kappa shape index (κ2) is 7.26. The summed E-state index contributed by atoms with van der Waals surface area (Å²) in [6.07, 6.45) is 1.00. The Kier molecular flexibility index (Phi) is 6.30. The van der Waals surface area contributed by atoms with E-state index in [4.69, 9.17) is 16.3 Å². The molecule has 1 rings (SSSR count). The summed E-state index contributed by atoms with van der Waals surface area (Å²) in [4.78, 5) is 0. The molecule has 1 unspecified atom stereocenters. The second-order valence-electron chi connectivity index (χ2n) is 3.36. The Morgan fingerprint density at radius 2 is 2.13 bits per heavy atom. The van der Waals surface area contributed by atoms with Crippen molar-refractivity contribution >= 4 is 27.5 Å². The van der Waals surface area contributed by atoms with Gasteiger partial charge in [0.1, 0.15) is 0 Å². The number of alkyl halides is 1. The fraction of sp³-hybridized carbons (Fsp3) is 0.500. The van der Waals surface area contributed by atoms with Gasteiger partial charge in [0, 0.05) is 23.6 Å². The molecule has 0 spiro atoms. The molecule has 0 amide bonds. The average Bonchev–Trinajstić information content (AvgIpc) is 2.26. The molecule has 0 saturated carbocycles. The monoisotopic (exact) mass is 290 g/mol. The average molecular weight is 292 g/mol. The van der Waals surface area contributed by atoms with Crippen LogP contribution >= 0.6 is 27.5 Å². The van der Waals surface area contributed by atoms with Gasteiger partial charge in [0.15, 0.2) is 0 Å². The van der Waals surface area contributed by atoms with E-state index in [1.807, 2.05) is 25.1 Å². The lowest BCUT2D eigenvalue weighted by Crippen LogP contribution is -2.06. The number of hydrogen-bond donors (Lipinski definition) is 0. The zero-order chi connectivity index (χ0) is 11.1. The normalized spacial score (nSPS) is 12.7. The standard InChI is InChI=1S/C12H16BrClO/c1-2-15-8-7-10(9-13)11-5-3-4-6-12(11)14/h3-6,10H,2,7-9H2,1H3. The number of rotatable bonds is 6. The molecule has 15 heavy (non-hydrogen) atoms. The van der Waals surface area contributed by atoms with Crippen molar-refractivity contribution in [2.24, 2.45) is 0 Å². The molecule has 1 nitrogen and oxygen atoms in total. The van der Waals surface area contributed by atoms with Crippen LogP contribution in [-0.4, -0.2) is 18.5 Å². The highest BCUT2D eigenvalue weighted by Gasteiger charge is 2.12. The summed E-state index contributed by atoms with van der Waals surface area (Å²) in [6, 6.07) is 8.00. The van der Waals surface area contributed by atoms with Crippen LogP contribution in [-0.2, 0) is 4.74 Å². The fourth-order valence-electron chi connectivity index (χ4n) is 1.49. The number of halogens is 2. The molecule has 0 saturated heterocycles. The van der Waals surface area contributed by atoms with E-state index in [0.29, 0.717) is 5.92 Å². The van der Waals surface area contributed by atoms with Crippen molar-refractivity contribution in [2.75, 3.05) is 18.5 Å². The van der Waals surface area contributed by atoms with Crippen molar-refractivity contribution in [1.29, 1.82) is 0 Å². The van der Waals surface area contributed by atoms with Crippen LogP contribution in [0.4, 0.5) is 0 Å². The first kappa shape index (κ1) is 13.0. The van der Waals surface area contributed by atoms with Gasteiger partial charge in [-0.1, -0.05) is 45.7 Å². The summed E-state index contributed by atoms with van der Waals surface area (Å²) in [7, 11) is 0. The number of hydrogen-bond acceptors (Lipinski definition) is 1. The van der Waals surface area contributed by atoms with Gasteiger partial charge in [0.2, 0.25) is 0 Å². The zero-order valence-corrected chi connectivity index (χ0v) is 11.2. The van der Waals surface area contributed by atoms with E-state index >= 15 is 0 Å². The van der Waals surface area contributed by atoms with E-state index in [1.165, 1.54) is 5.56 Å². The van der Waals surface area contributed by atoms with E-state index in [-0.39, 0.29) is 0 Å². The molecule has 1 atom stereocenters. The summed E-state index contributed by atoms with van der Waals surface area (Å²) in [5.41, 5.74) is 1.20. The van der Waals surface area contributed by atoms with Crippen molar-refractivity contribution < 1.29 is 4.74 Å². The van der Waals surface area contributed by atoms with E-state index in [2.05, 4.69) is 22.0 Å². The van der Waals surface area contributed by atoms with Crippen molar-refractivity contribution in [3.8, 4) is 0 Å². The van der Waals surface area contributed by atoms with Crippen LogP contribution in [0.3, 0.4) is 0 Å². The third-order valence-corrected chi connectivity index (χ3v) is 3.47. The molecule has 84 valence electrons. The SMILES string of the molecule is CCOCCC(CBr)c1ccccc1Cl. The van der Waals surface area contributed by atoms with Gasteiger partial charge in [-0.2, -0.15) is 0 Å². The quantitative estimate of drug-likeness (QED) is 0.562. The van der Waals surface area contributed by atoms with E-state index in [9.17, 15) is 0 Å². The Labute approximate surface area is 105 Å². The molecule has 0 N–H and O–H groups in total. The minimum absolute atomic E-state index is 0.435. The molecule has 0 bridgehead atoms. The van der Waals surface area contributed by atoms with Gasteiger partial charge in [0.05, 0.1) is 0 Å². The lowest BCUT2D eigenvalue weighted by molar-refractivity contribution is 0.141. The maximum atomic E-state index is 6.15. The summed E-state index contributed by atoms with van der Waals surface area (Å²) >= 11 is 9.67. The van der Waals surface area contributed by atoms with Gasteiger partial charge < -0.3 is 4.74 Å². The van der Waals surface area contributed by atoms with Gasteiger partial charge in [-0.05, 0) is 30.9 Å². The van der Waals surface area contributed by atoms with Gasteiger partial charge in [-0.3, -0.25) is 0 Å². The van der Waals surface area contributed by atoms with Crippen molar-refractivity contribution in [3.63, 3.8) is 0 Å². The molecule has 0 aliphatic carbocycles. The number of benzene rings is 1. The van der Waals surface area contributed by atoms with Gasteiger partial charge in [0.25, 0.3) is 0 Å². The predicted octanol–water partition coefficient (Wildman–Crippen LogP) is 4.25. The largest absolute Gasteiger partial charge is 0.382 e. The third-order valence-electron chi connectivity index (χ3n) is 2.35. The van der Waals surface area contributed by atoms with Gasteiger partial charge in [-0.15, -0.1) is 0 Å². The fourth-order valence-corrected chi connectivity index (χ4v) is 2.45. The summed E-state index contributed by atoms with van der Waals surface area (Å²) < 4.78 is 5.36. The highest BCUT2D eigenvalue weighted by atomic mass is 79.9. The maximum Gasteiger partial charge on any atom is 0.0472 e. The lowest BCUT2D eigenvalue weighted by atomic mass is 9.98. The Bertz CT molecular complexity index is 291. The molecule has 0 radical (unpaired) electrons. The van der Waals surface area contributed by atoms with Crippen LogP contribution < -0.4 is 0 Å². The minimum Gasteiger partial charge on any atom is -0.382 e. The molecule has 1 aromatic rings. The van der Waals surface area contributed by atoms with Crippen LogP contribution in [0.25, 0.3) is 0 Å². The molecular formula is C12H16BrClO. The Balaban J connectivity index is 2.61. The topological polar surface area (TPSA) is 9.23 Å². The summed E-state index contributed by atoms with van der Waals surface area (Å²) in [5.74, 6) is 0.435. The number of ether oxygens (including phenoxy) is 1. The van der Waals surface area contributed by atoms with Crippen LogP contribution in [0.2, 0.25) is 5.02 Å². The first-order valence-corrected chi connectivity index (χ1v) is 6.67. The highest BCUT2D eigenvalue weighted by molar-refractivity contribution is 9.09. The highest BCUT2D eigenvalue weighted by Crippen LogP contribution is 2.28. The summed E-state index contributed by atoms with van der Waals surface area (Å²) in [5, 5.41) is 1.77. The van der Waals surface area contributed by atoms with E-state index in [1.54, 1.807) is 0 Å². The smallest absolute Gasteiger partial charge is 0.0472 e. The Morgan fingerprint density at radius 3 is 2.73 bits per heavy atom. The lowest BCUT2D eigenvalue weighted by Gasteiger charge is -2.15. The Hall–Kier alpha value is -0.0500. The predicted molar refractivity (Wildman–Crippen MR) is 69.1 cm³/mol. The first-order chi connectivity index (χ1) is 7.29. The van der Waals surface area contributed by atoms with Crippen molar-refractivity contribution in [1.82, 2.24) is 0 Å². The molecule has 0 aliphatic rings. The van der Waals surface area contributed by atoms with E-state index < -0.39 is 0 Å². The van der Waals surface area contributed by atoms with Gasteiger partial charge in [-0.25, -0.2) is 0 Å². The molecule has 1 aromatic carbocycles. The van der Waals surface area contributed by atoms with Crippen LogP contribution in [0, 0.1) is 0 Å². The Morgan fingerprint density at radius 1 is 1.40 bits per heavy atom. The maximum absolute atomic E-state index is 6.15. The van der Waals surface area contributed by atoms with Crippen LogP contribution in [0.15, 0.2) is 24.3 Å². The minimum atomic E-state index is 0.435. The van der Waals surface area contributed by atoms with Crippen molar-refractivity contribution in [3.05, 3.63) is 34.9 Å². The third kappa shape index (κ3) is 4.13. The van der Waals surface area contributed by atoms with Crippen LogP contribution in [0.5, 0.6) is 0 Å². The first-order valence-electron chi connectivity index (χ1n) is 5.17. The van der Waals surface area contributed by atoms with E-state index in [0.717, 1.165) is 30.0 Å². The van der Waals surface area contributed by atoms with Gasteiger partial charge >= 0.3 is 0 Å².